The van der Waals surface area contributed by atoms with Gasteiger partial charge in [-0.3, -0.25) is 4.79 Å². The van der Waals surface area contributed by atoms with Crippen LogP contribution in [0.2, 0.25) is 0 Å². The maximum Gasteiger partial charge on any atom is 0.230 e. The summed E-state index contributed by atoms with van der Waals surface area (Å²) in [5, 5.41) is 0. The van der Waals surface area contributed by atoms with Gasteiger partial charge in [0.05, 0.1) is 17.4 Å². The molecular formula is C17H18N2O3S. The molecule has 2 aliphatic heterocycles. The molecule has 4 rings (SSSR count). The van der Waals surface area contributed by atoms with Crippen LogP contribution in [0.4, 0.5) is 0 Å². The molecule has 0 saturated carbocycles. The van der Waals surface area contributed by atoms with E-state index < -0.39 is 0 Å². The molecule has 5 nitrogen and oxygen atoms in total. The van der Waals surface area contributed by atoms with Crippen molar-refractivity contribution in [2.75, 3.05) is 18.8 Å². The summed E-state index contributed by atoms with van der Waals surface area (Å²) < 4.78 is 11.3. The molecule has 2 fully saturated rings. The van der Waals surface area contributed by atoms with Gasteiger partial charge in [0.25, 0.3) is 0 Å². The third kappa shape index (κ3) is 3.08. The topological polar surface area (TPSA) is 55.6 Å². The highest BCUT2D eigenvalue weighted by Gasteiger charge is 2.51. The maximum atomic E-state index is 12.2. The number of ether oxygens (including phenoxy) is 1. The second kappa shape index (κ2) is 5.92. The molecule has 2 aromatic rings. The van der Waals surface area contributed by atoms with Gasteiger partial charge in [0, 0.05) is 37.5 Å². The number of likely N-dealkylation sites (tertiary alicyclic amines) is 1. The van der Waals surface area contributed by atoms with Crippen molar-refractivity contribution in [1.82, 2.24) is 9.88 Å². The minimum atomic E-state index is 0.139. The van der Waals surface area contributed by atoms with E-state index in [1.165, 1.54) is 0 Å². The first-order valence-corrected chi connectivity index (χ1v) is 8.73. The Kier molecular flexibility index (Phi) is 3.77. The van der Waals surface area contributed by atoms with Gasteiger partial charge in [-0.2, -0.15) is 0 Å². The average Bonchev–Trinajstić information content (AvgIpc) is 3.16. The van der Waals surface area contributed by atoms with E-state index in [0.717, 1.165) is 31.0 Å². The van der Waals surface area contributed by atoms with Crippen LogP contribution in [0.25, 0.3) is 0 Å². The second-order valence-corrected chi connectivity index (χ2v) is 7.60. The minimum Gasteiger partial charge on any atom is -0.473 e. The van der Waals surface area contributed by atoms with E-state index in [0.29, 0.717) is 12.3 Å². The van der Waals surface area contributed by atoms with E-state index in [4.69, 9.17) is 9.15 Å². The van der Waals surface area contributed by atoms with Crippen LogP contribution in [-0.4, -0.2) is 45.5 Å². The number of nitrogens with zero attached hydrogens (tertiary/aromatic N) is 2. The number of rotatable bonds is 4. The lowest BCUT2D eigenvalue weighted by atomic mass is 9.92. The molecule has 0 radical (unpaired) electrons. The second-order valence-electron chi connectivity index (χ2n) is 6.11. The average molecular weight is 330 g/mol. The van der Waals surface area contributed by atoms with Gasteiger partial charge >= 0.3 is 0 Å². The van der Waals surface area contributed by atoms with Crippen LogP contribution in [0.3, 0.4) is 0 Å². The fraction of sp³-hybridized carbons (Fsp3) is 0.412. The first-order chi connectivity index (χ1) is 11.2. The van der Waals surface area contributed by atoms with Crippen LogP contribution in [0.15, 0.2) is 47.2 Å². The van der Waals surface area contributed by atoms with Crippen molar-refractivity contribution in [3.05, 3.63) is 48.6 Å². The highest BCUT2D eigenvalue weighted by atomic mass is 32.2. The first-order valence-electron chi connectivity index (χ1n) is 7.74. The third-order valence-corrected chi connectivity index (χ3v) is 5.89. The van der Waals surface area contributed by atoms with Crippen molar-refractivity contribution in [2.45, 2.75) is 23.7 Å². The summed E-state index contributed by atoms with van der Waals surface area (Å²) in [4.78, 5) is 18.3. The van der Waals surface area contributed by atoms with Gasteiger partial charge in [-0.15, -0.1) is 11.8 Å². The van der Waals surface area contributed by atoms with Crippen molar-refractivity contribution in [3.8, 4) is 5.88 Å². The number of thioether (sulfide) groups is 1. The van der Waals surface area contributed by atoms with E-state index in [1.807, 2.05) is 47.0 Å². The number of carbonyl (C=O) groups excluding carboxylic acids is 1. The van der Waals surface area contributed by atoms with Crippen LogP contribution in [0, 0.1) is 0 Å². The van der Waals surface area contributed by atoms with E-state index in [-0.39, 0.29) is 16.8 Å². The van der Waals surface area contributed by atoms with Gasteiger partial charge in [-0.25, -0.2) is 4.98 Å². The Bertz CT molecular complexity index is 668. The Morgan fingerprint density at radius 2 is 2.30 bits per heavy atom. The van der Waals surface area contributed by atoms with Gasteiger partial charge in [0.2, 0.25) is 11.8 Å². The molecule has 0 N–H and O–H groups in total. The number of aromatic nitrogens is 1. The van der Waals surface area contributed by atoms with E-state index in [1.54, 1.807) is 12.5 Å². The summed E-state index contributed by atoms with van der Waals surface area (Å²) in [6.07, 6.45) is 4.84. The Morgan fingerprint density at radius 1 is 1.39 bits per heavy atom. The molecule has 0 aromatic carbocycles. The van der Waals surface area contributed by atoms with E-state index >= 15 is 0 Å². The zero-order chi connectivity index (χ0) is 15.7. The largest absolute Gasteiger partial charge is 0.473 e. The van der Waals surface area contributed by atoms with E-state index in [9.17, 15) is 4.79 Å². The molecule has 0 aliphatic carbocycles. The summed E-state index contributed by atoms with van der Waals surface area (Å²) in [6, 6.07) is 9.35. The molecule has 4 heterocycles. The highest BCUT2D eigenvalue weighted by molar-refractivity contribution is 8.01. The van der Waals surface area contributed by atoms with E-state index in [2.05, 4.69) is 4.98 Å². The molecule has 2 saturated heterocycles. The predicted molar refractivity (Wildman–Crippen MR) is 87.5 cm³/mol. The summed E-state index contributed by atoms with van der Waals surface area (Å²) in [5.41, 5.74) is 0. The molecular weight excluding hydrogens is 312 g/mol. The predicted octanol–water partition coefficient (Wildman–Crippen LogP) is 2.38. The standard InChI is InChI=1S/C17H18N2O3S/c20-16(8-13-4-3-7-21-13)19-11-17(12-19)9-14(10-23-17)22-15-5-1-2-6-18-15/h1-7,14H,8-12H2. The van der Waals surface area contributed by atoms with Crippen molar-refractivity contribution in [1.29, 1.82) is 0 Å². The van der Waals surface area contributed by atoms with Crippen molar-refractivity contribution < 1.29 is 13.9 Å². The lowest BCUT2D eigenvalue weighted by Gasteiger charge is -2.47. The van der Waals surface area contributed by atoms with Crippen LogP contribution in [0.5, 0.6) is 5.88 Å². The molecule has 2 aromatic heterocycles. The quantitative estimate of drug-likeness (QED) is 0.861. The van der Waals surface area contributed by atoms with Crippen LogP contribution in [0.1, 0.15) is 12.2 Å². The first kappa shape index (κ1) is 14.6. The smallest absolute Gasteiger partial charge is 0.230 e. The summed E-state index contributed by atoms with van der Waals surface area (Å²) in [5.74, 6) is 2.50. The van der Waals surface area contributed by atoms with Gasteiger partial charge in [-0.05, 0) is 18.2 Å². The number of amides is 1. The van der Waals surface area contributed by atoms with Gasteiger partial charge < -0.3 is 14.1 Å². The zero-order valence-corrected chi connectivity index (χ0v) is 13.5. The highest BCUT2D eigenvalue weighted by Crippen LogP contribution is 2.46. The number of furan rings is 1. The monoisotopic (exact) mass is 330 g/mol. The third-order valence-electron chi connectivity index (χ3n) is 4.32. The van der Waals surface area contributed by atoms with Crippen LogP contribution >= 0.6 is 11.8 Å². The lowest BCUT2D eigenvalue weighted by molar-refractivity contribution is -0.136. The van der Waals surface area contributed by atoms with Crippen LogP contribution < -0.4 is 4.74 Å². The Morgan fingerprint density at radius 3 is 3.04 bits per heavy atom. The Hall–Kier alpha value is -1.95. The van der Waals surface area contributed by atoms with Crippen molar-refractivity contribution in [2.24, 2.45) is 0 Å². The molecule has 0 bridgehead atoms. The SMILES string of the molecule is O=C(Cc1ccco1)N1CC2(CC(Oc3ccccn3)CS2)C1. The number of carbonyl (C=O) groups is 1. The molecule has 1 atom stereocenters. The van der Waals surface area contributed by atoms with Crippen molar-refractivity contribution >= 4 is 17.7 Å². The lowest BCUT2D eigenvalue weighted by Crippen LogP contribution is -2.61. The molecule has 1 amide bonds. The Labute approximate surface area is 139 Å². The normalized spacial score (nSPS) is 22.1. The zero-order valence-electron chi connectivity index (χ0n) is 12.7. The van der Waals surface area contributed by atoms with Gasteiger partial charge in [-0.1, -0.05) is 6.07 Å². The number of pyridine rings is 1. The fourth-order valence-corrected chi connectivity index (χ4v) is 4.71. The molecule has 1 unspecified atom stereocenters. The molecule has 120 valence electrons. The number of hydrogen-bond acceptors (Lipinski definition) is 5. The summed E-state index contributed by atoms with van der Waals surface area (Å²) in [6.45, 7) is 1.61. The molecule has 6 heteroatoms. The molecule has 1 spiro atoms. The summed E-state index contributed by atoms with van der Waals surface area (Å²) in [7, 11) is 0. The van der Waals surface area contributed by atoms with Crippen molar-refractivity contribution in [3.63, 3.8) is 0 Å². The summed E-state index contributed by atoms with van der Waals surface area (Å²) >= 11 is 1.92. The number of hydrogen-bond donors (Lipinski definition) is 0. The fourth-order valence-electron chi connectivity index (χ4n) is 3.19. The van der Waals surface area contributed by atoms with Gasteiger partial charge in [0.15, 0.2) is 0 Å². The Balaban J connectivity index is 1.28. The maximum absolute atomic E-state index is 12.2. The van der Waals surface area contributed by atoms with Gasteiger partial charge in [0.1, 0.15) is 11.9 Å². The minimum absolute atomic E-state index is 0.139. The molecule has 2 aliphatic rings. The molecule has 23 heavy (non-hydrogen) atoms. The van der Waals surface area contributed by atoms with Crippen LogP contribution in [-0.2, 0) is 11.2 Å².